The molecule has 0 radical (unpaired) electrons. The van der Waals surface area contributed by atoms with Crippen LogP contribution in [0.3, 0.4) is 0 Å². The van der Waals surface area contributed by atoms with Crippen molar-refractivity contribution in [2.24, 2.45) is 11.8 Å². The van der Waals surface area contributed by atoms with E-state index >= 15 is 0 Å². The van der Waals surface area contributed by atoms with E-state index in [-0.39, 0.29) is 12.3 Å². The highest BCUT2D eigenvalue weighted by molar-refractivity contribution is 5.80. The molecule has 2 heterocycles. The number of hydrogen-bond donors (Lipinski definition) is 2. The van der Waals surface area contributed by atoms with Gasteiger partial charge in [-0.15, -0.1) is 0 Å². The number of rotatable bonds is 11. The molecule has 10 nitrogen and oxygen atoms in total. The fraction of sp³-hybridized carbons (Fsp3) is 0.643. The van der Waals surface area contributed by atoms with Gasteiger partial charge in [-0.3, -0.25) is 0 Å². The second-order valence-corrected chi connectivity index (χ2v) is 11.4. The van der Waals surface area contributed by atoms with E-state index in [9.17, 15) is 14.7 Å². The van der Waals surface area contributed by atoms with Crippen molar-refractivity contribution in [1.29, 1.82) is 0 Å². The van der Waals surface area contributed by atoms with Gasteiger partial charge in [0.15, 0.2) is 5.82 Å². The number of aromatic nitrogens is 2. The number of amides is 1. The number of piperidine rings is 1. The maximum absolute atomic E-state index is 12.0. The molecule has 0 unspecified atom stereocenters. The van der Waals surface area contributed by atoms with Crippen molar-refractivity contribution in [3.05, 3.63) is 35.7 Å². The number of hydrogen-bond acceptors (Lipinski definition) is 8. The van der Waals surface area contributed by atoms with Crippen LogP contribution < -0.4 is 15.0 Å². The minimum absolute atomic E-state index is 0.146. The van der Waals surface area contributed by atoms with E-state index in [0.29, 0.717) is 24.5 Å². The third-order valence-electron chi connectivity index (χ3n) is 6.76. The van der Waals surface area contributed by atoms with Crippen LogP contribution in [-0.4, -0.2) is 58.6 Å². The molecule has 3 rings (SSSR count). The van der Waals surface area contributed by atoms with Gasteiger partial charge in [-0.1, -0.05) is 38.1 Å². The second kappa shape index (κ2) is 13.0. The molecule has 0 saturated carbocycles. The molecular formula is C28H42N4O6. The zero-order valence-corrected chi connectivity index (χ0v) is 23.4. The van der Waals surface area contributed by atoms with Crippen molar-refractivity contribution < 1.29 is 28.7 Å². The first-order chi connectivity index (χ1) is 17.9. The fourth-order valence-electron chi connectivity index (χ4n) is 4.45. The third kappa shape index (κ3) is 8.92. The van der Waals surface area contributed by atoms with E-state index < -0.39 is 23.7 Å². The molecule has 1 aliphatic heterocycles. The predicted molar refractivity (Wildman–Crippen MR) is 144 cm³/mol. The Labute approximate surface area is 225 Å². The van der Waals surface area contributed by atoms with Crippen LogP contribution in [0.25, 0.3) is 0 Å². The van der Waals surface area contributed by atoms with E-state index in [0.717, 1.165) is 49.5 Å². The maximum atomic E-state index is 12.0. The monoisotopic (exact) mass is 530 g/mol. The molecule has 38 heavy (non-hydrogen) atoms. The molecule has 10 heteroatoms. The minimum Gasteiger partial charge on any atom is -0.494 e. The van der Waals surface area contributed by atoms with Gasteiger partial charge >= 0.3 is 18.1 Å². The van der Waals surface area contributed by atoms with Crippen LogP contribution in [0.5, 0.6) is 5.75 Å². The lowest BCUT2D eigenvalue weighted by Gasteiger charge is -2.33. The van der Waals surface area contributed by atoms with Gasteiger partial charge in [0.25, 0.3) is 0 Å². The SMILES string of the molecule is CC(C)c1noc(N2CCC([C@H](C)CCOc3ccc(C[C@H](NC(=O)OC(C)(C)C)C(=O)O)cc3)CC2)n1. The largest absolute Gasteiger partial charge is 0.494 e. The van der Waals surface area contributed by atoms with Gasteiger partial charge in [0.1, 0.15) is 17.4 Å². The lowest BCUT2D eigenvalue weighted by molar-refractivity contribution is -0.139. The Morgan fingerprint density at radius 1 is 1.16 bits per heavy atom. The molecule has 210 valence electrons. The number of benzene rings is 1. The number of nitrogens with one attached hydrogen (secondary N) is 1. The van der Waals surface area contributed by atoms with Crippen molar-refractivity contribution in [2.75, 3.05) is 24.6 Å². The molecule has 1 aliphatic rings. The van der Waals surface area contributed by atoms with E-state index in [1.165, 1.54) is 0 Å². The van der Waals surface area contributed by atoms with Crippen LogP contribution in [0.2, 0.25) is 0 Å². The van der Waals surface area contributed by atoms with Gasteiger partial charge in [0.05, 0.1) is 6.61 Å². The topological polar surface area (TPSA) is 127 Å². The molecule has 2 aromatic rings. The second-order valence-electron chi connectivity index (χ2n) is 11.4. The Morgan fingerprint density at radius 3 is 2.37 bits per heavy atom. The third-order valence-corrected chi connectivity index (χ3v) is 6.76. The predicted octanol–water partition coefficient (Wildman–Crippen LogP) is 5.04. The van der Waals surface area contributed by atoms with Crippen molar-refractivity contribution in [1.82, 2.24) is 15.5 Å². The maximum Gasteiger partial charge on any atom is 0.408 e. The molecule has 0 bridgehead atoms. The Balaban J connectivity index is 1.40. The summed E-state index contributed by atoms with van der Waals surface area (Å²) >= 11 is 0. The van der Waals surface area contributed by atoms with Gasteiger partial charge in [0.2, 0.25) is 0 Å². The van der Waals surface area contributed by atoms with Crippen molar-refractivity contribution in [2.45, 2.75) is 84.8 Å². The summed E-state index contributed by atoms with van der Waals surface area (Å²) in [4.78, 5) is 30.3. The molecule has 2 N–H and O–H groups in total. The minimum atomic E-state index is -1.12. The standard InChI is InChI=1S/C28H42N4O6/c1-18(2)24-30-26(38-31-24)32-14-11-21(12-15-32)19(3)13-16-36-22-9-7-20(8-10-22)17-23(25(33)34)29-27(35)37-28(4,5)6/h7-10,18-19,21,23H,11-17H2,1-6H3,(H,29,35)(H,33,34)/t19-,23+/m1/s1. The number of aliphatic carboxylic acids is 1. The average Bonchev–Trinajstić information content (AvgIpc) is 3.34. The summed E-state index contributed by atoms with van der Waals surface area (Å²) in [6, 6.07) is 6.86. The fourth-order valence-corrected chi connectivity index (χ4v) is 4.45. The number of carbonyl (C=O) groups is 2. The number of ether oxygens (including phenoxy) is 2. The molecule has 0 spiro atoms. The molecule has 1 saturated heterocycles. The summed E-state index contributed by atoms with van der Waals surface area (Å²) in [7, 11) is 0. The summed E-state index contributed by atoms with van der Waals surface area (Å²) in [6.07, 6.45) is 2.51. The van der Waals surface area contributed by atoms with Crippen LogP contribution in [0.15, 0.2) is 28.8 Å². The number of carboxylic acid groups (broad SMARTS) is 1. The van der Waals surface area contributed by atoms with Crippen LogP contribution in [-0.2, 0) is 16.0 Å². The summed E-state index contributed by atoms with van der Waals surface area (Å²) in [6.45, 7) is 14.0. The molecule has 1 amide bonds. The van der Waals surface area contributed by atoms with Crippen LogP contribution >= 0.6 is 0 Å². The van der Waals surface area contributed by atoms with Crippen molar-refractivity contribution >= 4 is 18.1 Å². The molecule has 2 atom stereocenters. The highest BCUT2D eigenvalue weighted by Gasteiger charge is 2.27. The van der Waals surface area contributed by atoms with Crippen LogP contribution in [0, 0.1) is 11.8 Å². The number of anilines is 1. The quantitative estimate of drug-likeness (QED) is 0.411. The van der Waals surface area contributed by atoms with Crippen molar-refractivity contribution in [3.8, 4) is 5.75 Å². The number of alkyl carbamates (subject to hydrolysis) is 1. The summed E-state index contributed by atoms with van der Waals surface area (Å²) in [5.74, 6) is 1.77. The Morgan fingerprint density at radius 2 is 1.82 bits per heavy atom. The van der Waals surface area contributed by atoms with E-state index in [1.807, 2.05) is 24.3 Å². The Hall–Kier alpha value is -3.30. The van der Waals surface area contributed by atoms with Crippen LogP contribution in [0.4, 0.5) is 10.8 Å². The summed E-state index contributed by atoms with van der Waals surface area (Å²) < 4.78 is 16.6. The Bertz CT molecular complexity index is 1040. The van der Waals surface area contributed by atoms with Gasteiger partial charge < -0.3 is 29.3 Å². The number of carboxylic acids is 1. The molecule has 1 aromatic carbocycles. The smallest absolute Gasteiger partial charge is 0.408 e. The molecule has 1 aromatic heterocycles. The lowest BCUT2D eigenvalue weighted by atomic mass is 9.84. The first kappa shape index (κ1) is 29.3. The number of nitrogens with zero attached hydrogens (tertiary/aromatic N) is 3. The molecular weight excluding hydrogens is 488 g/mol. The van der Waals surface area contributed by atoms with Gasteiger partial charge in [-0.05, 0) is 69.6 Å². The van der Waals surface area contributed by atoms with E-state index in [2.05, 4.69) is 41.1 Å². The highest BCUT2D eigenvalue weighted by atomic mass is 16.6. The number of carbonyl (C=O) groups excluding carboxylic acids is 1. The highest BCUT2D eigenvalue weighted by Crippen LogP contribution is 2.29. The van der Waals surface area contributed by atoms with Gasteiger partial charge in [-0.2, -0.15) is 4.98 Å². The summed E-state index contributed by atoms with van der Waals surface area (Å²) in [5, 5.41) is 16.0. The van der Waals surface area contributed by atoms with Gasteiger partial charge in [-0.25, -0.2) is 9.59 Å². The normalized spacial score (nSPS) is 16.2. The van der Waals surface area contributed by atoms with Gasteiger partial charge in [0, 0.05) is 25.4 Å². The average molecular weight is 531 g/mol. The van der Waals surface area contributed by atoms with E-state index in [4.69, 9.17) is 14.0 Å². The zero-order valence-electron chi connectivity index (χ0n) is 23.4. The lowest BCUT2D eigenvalue weighted by Crippen LogP contribution is -2.44. The first-order valence-electron chi connectivity index (χ1n) is 13.4. The van der Waals surface area contributed by atoms with Crippen LogP contribution in [0.1, 0.15) is 78.1 Å². The molecule has 0 aliphatic carbocycles. The molecule has 1 fully saturated rings. The zero-order chi connectivity index (χ0) is 27.9. The van der Waals surface area contributed by atoms with E-state index in [1.54, 1.807) is 20.8 Å². The first-order valence-corrected chi connectivity index (χ1v) is 13.4. The van der Waals surface area contributed by atoms with Crippen molar-refractivity contribution in [3.63, 3.8) is 0 Å². The summed E-state index contributed by atoms with van der Waals surface area (Å²) in [5.41, 5.74) is 0.0797. The Kier molecular flexibility index (Phi) is 9.99.